The van der Waals surface area contributed by atoms with Crippen LogP contribution in [0.15, 0.2) is 72.8 Å². The van der Waals surface area contributed by atoms with Gasteiger partial charge in [0.25, 0.3) is 0 Å². The van der Waals surface area contributed by atoms with E-state index in [0.717, 1.165) is 54.9 Å². The Morgan fingerprint density at radius 2 is 0.708 bits per heavy atom. The van der Waals surface area contributed by atoms with Gasteiger partial charge in [0.2, 0.25) is 0 Å². The topological polar surface area (TPSA) is 26.3 Å². The van der Waals surface area contributed by atoms with E-state index < -0.39 is 7.37 Å². The molecule has 0 aromatic heterocycles. The molecule has 0 atom stereocenters. The molecular weight excluding hydrogens is 603 g/mol. The lowest BCUT2D eigenvalue weighted by Gasteiger charge is -2.26. The Balaban J connectivity index is 1.86. The first-order chi connectivity index (χ1) is 23.6. The number of unbranched alkanes of at least 4 members (excludes halogenated alkanes) is 18. The number of rotatable bonds is 28. The molecule has 3 aromatic rings. The Bertz CT molecular complexity index is 1230. The first kappa shape index (κ1) is 40.1. The first-order valence-corrected chi connectivity index (χ1v) is 21.8. The third kappa shape index (κ3) is 14.3. The van der Waals surface area contributed by atoms with Crippen LogP contribution in [0.25, 0.3) is 0 Å². The van der Waals surface area contributed by atoms with Crippen LogP contribution in [0.4, 0.5) is 0 Å². The van der Waals surface area contributed by atoms with E-state index in [2.05, 4.69) is 87.5 Å². The maximum absolute atomic E-state index is 15.8. The number of para-hydroxylation sites is 1. The summed E-state index contributed by atoms with van der Waals surface area (Å²) in [4.78, 5) is 0. The Morgan fingerprint density at radius 3 is 1.12 bits per heavy atom. The predicted molar refractivity (Wildman–Crippen MR) is 212 cm³/mol. The third-order valence-corrected chi connectivity index (χ3v) is 12.6. The zero-order valence-electron chi connectivity index (χ0n) is 31.2. The molecule has 0 saturated heterocycles. The summed E-state index contributed by atoms with van der Waals surface area (Å²) >= 11 is 0. The van der Waals surface area contributed by atoms with Gasteiger partial charge in [-0.25, -0.2) is 0 Å². The highest BCUT2D eigenvalue weighted by atomic mass is 31.2. The van der Waals surface area contributed by atoms with Crippen molar-refractivity contribution in [1.82, 2.24) is 0 Å². The minimum atomic E-state index is -3.45. The van der Waals surface area contributed by atoms with Gasteiger partial charge in [0.05, 0.1) is 10.6 Å². The summed E-state index contributed by atoms with van der Waals surface area (Å²) in [6.45, 7) is 6.83. The molecule has 3 aromatic carbocycles. The molecule has 0 aliphatic rings. The second kappa shape index (κ2) is 24.8. The number of aryl methyl sites for hydroxylation is 3. The van der Waals surface area contributed by atoms with Crippen LogP contribution in [0.1, 0.15) is 172 Å². The Labute approximate surface area is 296 Å². The summed E-state index contributed by atoms with van der Waals surface area (Å²) in [5.41, 5.74) is 3.55. The van der Waals surface area contributed by atoms with Gasteiger partial charge in [-0.3, -0.25) is 4.57 Å². The van der Waals surface area contributed by atoms with Crippen molar-refractivity contribution in [3.8, 4) is 5.75 Å². The number of benzene rings is 3. The molecule has 0 unspecified atom stereocenters. The van der Waals surface area contributed by atoms with Crippen molar-refractivity contribution in [2.75, 3.05) is 0 Å². The van der Waals surface area contributed by atoms with Gasteiger partial charge in [-0.2, -0.15) is 0 Å². The fourth-order valence-corrected chi connectivity index (χ4v) is 9.61. The van der Waals surface area contributed by atoms with E-state index in [0.29, 0.717) is 0 Å². The van der Waals surface area contributed by atoms with Crippen LogP contribution < -0.4 is 15.1 Å². The van der Waals surface area contributed by atoms with Crippen molar-refractivity contribution in [3.05, 3.63) is 89.5 Å². The highest BCUT2D eigenvalue weighted by Crippen LogP contribution is 2.48. The quantitative estimate of drug-likeness (QED) is 0.0567. The molecule has 0 fully saturated rings. The average Bonchev–Trinajstić information content (AvgIpc) is 3.11. The summed E-state index contributed by atoms with van der Waals surface area (Å²) in [5, 5.41) is 1.79. The lowest BCUT2D eigenvalue weighted by molar-refractivity contribution is 0.497. The summed E-state index contributed by atoms with van der Waals surface area (Å²) in [5.74, 6) is 0.795. The second-order valence-electron chi connectivity index (χ2n) is 14.1. The molecule has 0 heterocycles. The highest BCUT2D eigenvalue weighted by molar-refractivity contribution is 7.74. The van der Waals surface area contributed by atoms with E-state index in [4.69, 9.17) is 4.52 Å². The van der Waals surface area contributed by atoms with Gasteiger partial charge in [-0.15, -0.1) is 0 Å². The van der Waals surface area contributed by atoms with Gasteiger partial charge < -0.3 is 4.52 Å². The molecule has 0 saturated carbocycles. The Kier molecular flexibility index (Phi) is 20.7. The van der Waals surface area contributed by atoms with Crippen LogP contribution in [0, 0.1) is 0 Å². The van der Waals surface area contributed by atoms with Crippen LogP contribution in [0.5, 0.6) is 5.75 Å². The number of hydrogen-bond acceptors (Lipinski definition) is 2. The molecule has 0 aliphatic heterocycles. The van der Waals surface area contributed by atoms with Crippen LogP contribution in [-0.2, 0) is 23.8 Å². The van der Waals surface area contributed by atoms with E-state index >= 15 is 4.57 Å². The van der Waals surface area contributed by atoms with Crippen molar-refractivity contribution in [3.63, 3.8) is 0 Å². The fourth-order valence-electron chi connectivity index (χ4n) is 7.00. The largest absolute Gasteiger partial charge is 0.437 e. The van der Waals surface area contributed by atoms with Crippen LogP contribution in [0.2, 0.25) is 0 Å². The van der Waals surface area contributed by atoms with E-state index in [9.17, 15) is 0 Å². The van der Waals surface area contributed by atoms with Crippen LogP contribution in [-0.4, -0.2) is 0 Å². The standard InChI is InChI=1S/C45H69O2P/c1-4-7-10-13-16-19-22-31-40-32-25-28-37-43(40)47-48(46,44-38-29-26-35-41(44)33-23-20-17-14-11-8-5-2)45-39-30-27-36-42(45)34-24-21-18-15-12-9-6-3/h25-30,32,35-39H,4-24,31,33-34H2,1-3H3. The lowest BCUT2D eigenvalue weighted by atomic mass is 10.0. The van der Waals surface area contributed by atoms with Crippen LogP contribution >= 0.6 is 7.37 Å². The molecular formula is C45H69O2P. The van der Waals surface area contributed by atoms with Crippen molar-refractivity contribution in [2.45, 2.75) is 175 Å². The minimum Gasteiger partial charge on any atom is -0.437 e. The van der Waals surface area contributed by atoms with Crippen LogP contribution in [0.3, 0.4) is 0 Å². The minimum absolute atomic E-state index is 0.795. The zero-order chi connectivity index (χ0) is 34.1. The molecule has 3 heteroatoms. The SMILES string of the molecule is CCCCCCCCCc1ccccc1OP(=O)(c1ccccc1CCCCCCCCC)c1ccccc1CCCCCCCCC. The van der Waals surface area contributed by atoms with E-state index in [1.807, 2.05) is 6.07 Å². The molecule has 0 bridgehead atoms. The monoisotopic (exact) mass is 673 g/mol. The molecule has 3 rings (SSSR count). The molecule has 266 valence electrons. The average molecular weight is 673 g/mol. The van der Waals surface area contributed by atoms with Gasteiger partial charge >= 0.3 is 7.37 Å². The molecule has 0 aliphatic carbocycles. The first-order valence-electron chi connectivity index (χ1n) is 20.2. The maximum atomic E-state index is 15.8. The van der Waals surface area contributed by atoms with Gasteiger partial charge in [-0.1, -0.05) is 191 Å². The fraction of sp³-hybridized carbons (Fsp3) is 0.600. The molecule has 0 spiro atoms. The Morgan fingerprint density at radius 1 is 0.396 bits per heavy atom. The van der Waals surface area contributed by atoms with Gasteiger partial charge in [-0.05, 0) is 73.4 Å². The number of hydrogen-bond donors (Lipinski definition) is 0. The summed E-state index contributed by atoms with van der Waals surface area (Å²) < 4.78 is 22.8. The zero-order valence-corrected chi connectivity index (χ0v) is 32.1. The molecule has 0 N–H and O–H groups in total. The van der Waals surface area contributed by atoms with Crippen molar-refractivity contribution in [1.29, 1.82) is 0 Å². The summed E-state index contributed by atoms with van der Waals surface area (Å²) in [6, 6.07) is 25.3. The van der Waals surface area contributed by atoms with E-state index in [-0.39, 0.29) is 0 Å². The molecule has 48 heavy (non-hydrogen) atoms. The molecule has 0 amide bonds. The summed E-state index contributed by atoms with van der Waals surface area (Å²) in [6.07, 6.45) is 29.6. The van der Waals surface area contributed by atoms with E-state index in [1.54, 1.807) is 0 Å². The van der Waals surface area contributed by atoms with E-state index in [1.165, 1.54) is 132 Å². The molecule has 0 radical (unpaired) electrons. The van der Waals surface area contributed by atoms with Gasteiger partial charge in [0.15, 0.2) is 0 Å². The molecule has 2 nitrogen and oxygen atoms in total. The van der Waals surface area contributed by atoms with Crippen molar-refractivity contribution >= 4 is 18.0 Å². The Hall–Kier alpha value is -2.31. The van der Waals surface area contributed by atoms with Crippen molar-refractivity contribution < 1.29 is 9.09 Å². The maximum Gasteiger partial charge on any atom is 0.307 e. The highest BCUT2D eigenvalue weighted by Gasteiger charge is 2.35. The normalized spacial score (nSPS) is 11.6. The van der Waals surface area contributed by atoms with Gasteiger partial charge in [0.1, 0.15) is 5.75 Å². The lowest BCUT2D eigenvalue weighted by Crippen LogP contribution is -2.26. The second-order valence-corrected chi connectivity index (χ2v) is 16.4. The van der Waals surface area contributed by atoms with Gasteiger partial charge in [0, 0.05) is 0 Å². The third-order valence-electron chi connectivity index (χ3n) is 9.97. The summed E-state index contributed by atoms with van der Waals surface area (Å²) in [7, 11) is -3.45. The predicted octanol–water partition coefficient (Wildman–Crippen LogP) is 13.9. The van der Waals surface area contributed by atoms with Crippen molar-refractivity contribution in [2.24, 2.45) is 0 Å². The smallest absolute Gasteiger partial charge is 0.307 e.